The first kappa shape index (κ1) is 24.3. The SMILES string of the molecule is C[C@@]1(c2cc(O)c(C#N)c(Cl)c2)C(=O)Nc2nc(-c3cn4ccnc4c(Cc4ccccc4F)n3)nc(N)c21. The number of hydrogen-bond acceptors (Lipinski definition) is 8. The molecular formula is C27H18ClFN8O2. The van der Waals surface area contributed by atoms with Crippen LogP contribution in [0.1, 0.15) is 34.9 Å². The molecule has 2 aromatic carbocycles. The van der Waals surface area contributed by atoms with Crippen LogP contribution in [0.25, 0.3) is 17.2 Å². The van der Waals surface area contributed by atoms with E-state index in [0.717, 1.165) is 0 Å². The molecular weight excluding hydrogens is 523 g/mol. The fourth-order valence-electron chi connectivity index (χ4n) is 4.83. The highest BCUT2D eigenvalue weighted by molar-refractivity contribution is 6.32. The van der Waals surface area contributed by atoms with E-state index in [1.165, 1.54) is 18.2 Å². The Labute approximate surface area is 225 Å². The Morgan fingerprint density at radius 1 is 1.26 bits per heavy atom. The number of carbonyl (C=O) groups is 1. The van der Waals surface area contributed by atoms with Crippen molar-refractivity contribution in [3.63, 3.8) is 0 Å². The van der Waals surface area contributed by atoms with E-state index in [0.29, 0.717) is 33.7 Å². The number of nitrogen functional groups attached to an aromatic ring is 1. The maximum absolute atomic E-state index is 14.4. The van der Waals surface area contributed by atoms with E-state index in [1.807, 2.05) is 6.07 Å². The molecule has 0 aliphatic carbocycles. The number of imidazole rings is 1. The lowest BCUT2D eigenvalue weighted by atomic mass is 9.77. The van der Waals surface area contributed by atoms with Crippen LogP contribution in [0.3, 0.4) is 0 Å². The van der Waals surface area contributed by atoms with Gasteiger partial charge in [-0.15, -0.1) is 0 Å². The van der Waals surface area contributed by atoms with Crippen molar-refractivity contribution in [2.75, 3.05) is 11.1 Å². The number of phenolic OH excluding ortho intramolecular Hbond substituents is 1. The van der Waals surface area contributed by atoms with E-state index in [4.69, 9.17) is 17.3 Å². The fraction of sp³-hybridized carbons (Fsp3) is 0.111. The highest BCUT2D eigenvalue weighted by atomic mass is 35.5. The summed E-state index contributed by atoms with van der Waals surface area (Å²) in [6.07, 6.45) is 5.18. The summed E-state index contributed by atoms with van der Waals surface area (Å²) in [5.41, 5.74) is 7.36. The maximum atomic E-state index is 14.4. The number of anilines is 2. The minimum absolute atomic E-state index is 0.00805. The Bertz CT molecular complexity index is 1860. The number of halogens is 2. The molecule has 5 aromatic rings. The van der Waals surface area contributed by atoms with Crippen molar-refractivity contribution >= 4 is 34.8 Å². The van der Waals surface area contributed by atoms with Crippen molar-refractivity contribution in [1.29, 1.82) is 5.26 Å². The molecule has 1 aliphatic rings. The number of nitrogens with zero attached hydrogens (tertiary/aromatic N) is 6. The molecule has 12 heteroatoms. The molecule has 4 heterocycles. The number of carbonyl (C=O) groups excluding carboxylic acids is 1. The summed E-state index contributed by atoms with van der Waals surface area (Å²) in [5, 5.41) is 22.3. The van der Waals surface area contributed by atoms with Crippen LogP contribution in [0, 0.1) is 17.1 Å². The van der Waals surface area contributed by atoms with Crippen LogP contribution < -0.4 is 11.1 Å². The predicted octanol–water partition coefficient (Wildman–Crippen LogP) is 3.99. The number of nitrogens with one attached hydrogen (secondary N) is 1. The third-order valence-electron chi connectivity index (χ3n) is 6.87. The molecule has 0 saturated carbocycles. The van der Waals surface area contributed by atoms with Gasteiger partial charge in [-0.3, -0.25) is 4.79 Å². The average Bonchev–Trinajstić information content (AvgIpc) is 3.48. The monoisotopic (exact) mass is 540 g/mol. The van der Waals surface area contributed by atoms with Gasteiger partial charge in [0.15, 0.2) is 11.5 Å². The van der Waals surface area contributed by atoms with Gasteiger partial charge in [-0.05, 0) is 36.2 Å². The second-order valence-corrected chi connectivity index (χ2v) is 9.61. The van der Waals surface area contributed by atoms with Gasteiger partial charge in [-0.1, -0.05) is 29.8 Å². The van der Waals surface area contributed by atoms with Crippen molar-refractivity contribution in [1.82, 2.24) is 24.3 Å². The van der Waals surface area contributed by atoms with Crippen LogP contribution in [-0.4, -0.2) is 35.4 Å². The Morgan fingerprint density at radius 2 is 2.05 bits per heavy atom. The molecule has 1 atom stereocenters. The van der Waals surface area contributed by atoms with Gasteiger partial charge in [0.1, 0.15) is 45.9 Å². The van der Waals surface area contributed by atoms with E-state index < -0.39 is 11.3 Å². The molecule has 10 nitrogen and oxygen atoms in total. The summed E-state index contributed by atoms with van der Waals surface area (Å²) in [7, 11) is 0. The van der Waals surface area contributed by atoms with Crippen molar-refractivity contribution < 1.29 is 14.3 Å². The van der Waals surface area contributed by atoms with Crippen LogP contribution in [0.4, 0.5) is 16.0 Å². The van der Waals surface area contributed by atoms with E-state index in [-0.39, 0.29) is 46.0 Å². The zero-order chi connectivity index (χ0) is 27.5. The Morgan fingerprint density at radius 3 is 2.79 bits per heavy atom. The molecule has 1 aliphatic heterocycles. The van der Waals surface area contributed by atoms with Gasteiger partial charge in [0.25, 0.3) is 0 Å². The number of rotatable bonds is 4. The van der Waals surface area contributed by atoms with E-state index >= 15 is 0 Å². The molecule has 0 bridgehead atoms. The first-order valence-corrected chi connectivity index (χ1v) is 12.1. The average molecular weight is 541 g/mol. The van der Waals surface area contributed by atoms with E-state index in [1.54, 1.807) is 48.1 Å². The zero-order valence-electron chi connectivity index (χ0n) is 20.3. The second kappa shape index (κ2) is 8.75. The smallest absolute Gasteiger partial charge is 0.240 e. The minimum Gasteiger partial charge on any atom is -0.507 e. The molecule has 4 N–H and O–H groups in total. The lowest BCUT2D eigenvalue weighted by Crippen LogP contribution is -2.33. The normalized spacial score (nSPS) is 16.2. The molecule has 39 heavy (non-hydrogen) atoms. The van der Waals surface area contributed by atoms with Gasteiger partial charge in [-0.25, -0.2) is 24.3 Å². The summed E-state index contributed by atoms with van der Waals surface area (Å²) in [6, 6.07) is 11.0. The van der Waals surface area contributed by atoms with Gasteiger partial charge < -0.3 is 20.6 Å². The molecule has 0 unspecified atom stereocenters. The maximum Gasteiger partial charge on any atom is 0.240 e. The highest BCUT2D eigenvalue weighted by Crippen LogP contribution is 2.46. The van der Waals surface area contributed by atoms with Crippen LogP contribution >= 0.6 is 11.6 Å². The molecule has 1 amide bonds. The summed E-state index contributed by atoms with van der Waals surface area (Å²) >= 11 is 6.20. The van der Waals surface area contributed by atoms with Crippen LogP contribution in [0.15, 0.2) is 55.0 Å². The summed E-state index contributed by atoms with van der Waals surface area (Å²) in [4.78, 5) is 31.3. The number of aromatic nitrogens is 5. The topological polar surface area (TPSA) is 155 Å². The molecule has 0 fully saturated rings. The van der Waals surface area contributed by atoms with Crippen molar-refractivity contribution in [3.05, 3.63) is 93.8 Å². The fourth-order valence-corrected chi connectivity index (χ4v) is 5.09. The number of amides is 1. The molecule has 0 saturated heterocycles. The van der Waals surface area contributed by atoms with Crippen LogP contribution in [-0.2, 0) is 16.6 Å². The third kappa shape index (κ3) is 3.72. The van der Waals surface area contributed by atoms with Crippen LogP contribution in [0.2, 0.25) is 5.02 Å². The van der Waals surface area contributed by atoms with Crippen molar-refractivity contribution in [2.24, 2.45) is 0 Å². The molecule has 0 radical (unpaired) electrons. The number of benzene rings is 2. The van der Waals surface area contributed by atoms with Crippen molar-refractivity contribution in [2.45, 2.75) is 18.8 Å². The Kier molecular flexibility index (Phi) is 5.44. The predicted molar refractivity (Wildman–Crippen MR) is 141 cm³/mol. The van der Waals surface area contributed by atoms with Gasteiger partial charge in [0.2, 0.25) is 5.91 Å². The molecule has 6 rings (SSSR count). The number of nitrogens with two attached hydrogens (primary N) is 1. The van der Waals surface area contributed by atoms with Crippen LogP contribution in [0.5, 0.6) is 5.75 Å². The summed E-state index contributed by atoms with van der Waals surface area (Å²) < 4.78 is 16.1. The van der Waals surface area contributed by atoms with Gasteiger partial charge in [0, 0.05) is 25.0 Å². The highest BCUT2D eigenvalue weighted by Gasteiger charge is 2.48. The number of nitriles is 1. The van der Waals surface area contributed by atoms with Gasteiger partial charge >= 0.3 is 0 Å². The number of aromatic hydroxyl groups is 1. The van der Waals surface area contributed by atoms with Crippen molar-refractivity contribution in [3.8, 4) is 23.3 Å². The zero-order valence-corrected chi connectivity index (χ0v) is 21.0. The third-order valence-corrected chi connectivity index (χ3v) is 7.17. The second-order valence-electron chi connectivity index (χ2n) is 9.20. The first-order valence-electron chi connectivity index (χ1n) is 11.7. The lowest BCUT2D eigenvalue weighted by Gasteiger charge is -2.24. The minimum atomic E-state index is -1.40. The summed E-state index contributed by atoms with van der Waals surface area (Å²) in [6.45, 7) is 1.60. The van der Waals surface area contributed by atoms with Gasteiger partial charge in [-0.2, -0.15) is 5.26 Å². The van der Waals surface area contributed by atoms with E-state index in [2.05, 4.69) is 25.3 Å². The molecule has 3 aromatic heterocycles. The lowest BCUT2D eigenvalue weighted by molar-refractivity contribution is -0.119. The number of hydrogen-bond donors (Lipinski definition) is 3. The quantitative estimate of drug-likeness (QED) is 0.309. The molecule has 192 valence electrons. The Hall–Kier alpha value is -5.08. The number of phenols is 1. The Balaban J connectivity index is 1.47. The van der Waals surface area contributed by atoms with E-state index in [9.17, 15) is 19.6 Å². The molecule has 0 spiro atoms. The summed E-state index contributed by atoms with van der Waals surface area (Å²) in [5.74, 6) is -0.856. The largest absolute Gasteiger partial charge is 0.507 e. The standard InChI is InChI=1S/C27H18ClFN8O2/c1-27(14-9-16(28)15(11-30)20(38)10-14)21-22(31)34-23(35-24(21)36-26(27)39)19-12-37-7-6-32-25(37)18(33-19)8-13-4-2-3-5-17(13)29/h2-7,9-10,12,38H,8H2,1H3,(H3,31,34,35,36,39)/t27-/m0/s1. The van der Waals surface area contributed by atoms with Gasteiger partial charge in [0.05, 0.1) is 16.3 Å². The number of fused-ring (bicyclic) bond motifs is 2. The first-order chi connectivity index (χ1) is 18.7.